The summed E-state index contributed by atoms with van der Waals surface area (Å²) in [6.07, 6.45) is 21.9. The predicted molar refractivity (Wildman–Crippen MR) is 340 cm³/mol. The molecule has 23 heteroatoms. The van der Waals surface area contributed by atoms with E-state index in [1.807, 2.05) is 0 Å². The van der Waals surface area contributed by atoms with Gasteiger partial charge < -0.3 is 76.5 Å². The highest BCUT2D eigenvalue weighted by molar-refractivity contribution is 5.87. The lowest BCUT2D eigenvalue weighted by molar-refractivity contribution is -0.141. The third-order valence-corrected chi connectivity index (χ3v) is 10.2. The second-order valence-corrected chi connectivity index (χ2v) is 18.2. The van der Waals surface area contributed by atoms with Crippen molar-refractivity contribution in [3.8, 4) is 0 Å². The largest absolute Gasteiger partial charge is 0.462 e. The van der Waals surface area contributed by atoms with E-state index in [9.17, 15) is 33.6 Å². The van der Waals surface area contributed by atoms with E-state index in [-0.39, 0.29) is 57.5 Å². The smallest absolute Gasteiger partial charge is 0.333 e. The van der Waals surface area contributed by atoms with Crippen LogP contribution in [0.1, 0.15) is 131 Å². The molecule has 0 aliphatic rings. The van der Waals surface area contributed by atoms with E-state index in [1.165, 1.54) is 70.6 Å². The summed E-state index contributed by atoms with van der Waals surface area (Å²) in [4.78, 5) is 74.2. The van der Waals surface area contributed by atoms with Crippen LogP contribution in [-0.2, 0) is 99.9 Å². The number of rotatable bonds is 49. The van der Waals surface area contributed by atoms with Gasteiger partial charge in [0.2, 0.25) is 0 Å². The lowest BCUT2D eigenvalue weighted by atomic mass is 10.0. The lowest BCUT2D eigenvalue weighted by Gasteiger charge is -2.14. The highest BCUT2D eigenvalue weighted by Gasteiger charge is 2.10. The molecule has 0 saturated carbocycles. The van der Waals surface area contributed by atoms with Crippen LogP contribution in [0.25, 0.3) is 0 Å². The fraction of sp³-hybridized carbons (Fsp3) is 0.677. The molecule has 514 valence electrons. The molecule has 88 heavy (non-hydrogen) atoms. The average molecular weight is 1270 g/mol. The van der Waals surface area contributed by atoms with Gasteiger partial charge in [-0.15, -0.1) is 0 Å². The molecule has 0 heterocycles. The summed E-state index contributed by atoms with van der Waals surface area (Å²) < 4.78 is 67.7. The first kappa shape index (κ1) is 95.8. The van der Waals surface area contributed by atoms with E-state index >= 15 is 0 Å². The van der Waals surface area contributed by atoms with Crippen molar-refractivity contribution in [2.45, 2.75) is 131 Å². The number of unbranched alkanes of at least 4 members (excludes halogenated alkanes) is 10. The Balaban J connectivity index is -0.000000177. The molecule has 0 aliphatic carbocycles. The van der Waals surface area contributed by atoms with Crippen molar-refractivity contribution < 1.29 is 110 Å². The molecular formula is C65H116O23. The van der Waals surface area contributed by atoms with Crippen LogP contribution in [0.2, 0.25) is 0 Å². The number of aliphatic hydroxyl groups is 2. The van der Waals surface area contributed by atoms with E-state index in [1.54, 1.807) is 42.1 Å². The first-order valence-corrected chi connectivity index (χ1v) is 29.9. The van der Waals surface area contributed by atoms with Gasteiger partial charge in [-0.2, -0.15) is 0 Å². The van der Waals surface area contributed by atoms with Gasteiger partial charge in [0.25, 0.3) is 0 Å². The SMILES string of the molecule is C=C(C)C(=O)OCC(CC)CCCC.C=C(C)C(=O)OCCCCCCCCCCCC.C=C(C)C(=O)OCCOCCOCCOC.C=CC(=O)OCCO.C=CC(=O)OCCO.C=CC(=O)OCCOC.C=CC(=O)OCCOCCOCCOC. The fourth-order valence-corrected chi connectivity index (χ4v) is 5.29. The molecule has 0 saturated heterocycles. The number of hydrogen-bond donors (Lipinski definition) is 2. The second kappa shape index (κ2) is 83.2. The highest BCUT2D eigenvalue weighted by atomic mass is 16.6. The summed E-state index contributed by atoms with van der Waals surface area (Å²) in [5, 5.41) is 16.2. The first-order valence-electron chi connectivity index (χ1n) is 29.9. The van der Waals surface area contributed by atoms with Gasteiger partial charge in [0.1, 0.15) is 33.0 Å². The second-order valence-electron chi connectivity index (χ2n) is 18.2. The fourth-order valence-electron chi connectivity index (χ4n) is 5.29. The van der Waals surface area contributed by atoms with E-state index in [0.29, 0.717) is 115 Å². The number of ether oxygens (including phenoxy) is 14. The maximum atomic E-state index is 11.1. The minimum Gasteiger partial charge on any atom is -0.462 e. The van der Waals surface area contributed by atoms with Crippen molar-refractivity contribution in [3.05, 3.63) is 87.1 Å². The van der Waals surface area contributed by atoms with E-state index < -0.39 is 23.9 Å². The Morgan fingerprint density at radius 3 is 0.943 bits per heavy atom. The molecular weight excluding hydrogens is 1150 g/mol. The van der Waals surface area contributed by atoms with Gasteiger partial charge in [-0.25, -0.2) is 33.6 Å². The van der Waals surface area contributed by atoms with Gasteiger partial charge >= 0.3 is 41.8 Å². The van der Waals surface area contributed by atoms with Crippen LogP contribution in [0.4, 0.5) is 0 Å². The Morgan fingerprint density at radius 1 is 0.352 bits per heavy atom. The van der Waals surface area contributed by atoms with E-state index in [0.717, 1.165) is 43.6 Å². The summed E-state index contributed by atoms with van der Waals surface area (Å²) >= 11 is 0. The highest BCUT2D eigenvalue weighted by Crippen LogP contribution is 2.14. The molecule has 0 bridgehead atoms. The third kappa shape index (κ3) is 93.8. The zero-order chi connectivity index (χ0) is 68.1. The van der Waals surface area contributed by atoms with Crippen molar-refractivity contribution in [2.75, 3.05) is 153 Å². The number of aliphatic hydroxyl groups excluding tert-OH is 2. The minimum absolute atomic E-state index is 0.0465. The number of esters is 7. The van der Waals surface area contributed by atoms with Gasteiger partial charge in [0.15, 0.2) is 0 Å². The van der Waals surface area contributed by atoms with Crippen molar-refractivity contribution in [1.29, 1.82) is 0 Å². The molecule has 0 aromatic rings. The monoisotopic (exact) mass is 1260 g/mol. The van der Waals surface area contributed by atoms with Crippen molar-refractivity contribution in [2.24, 2.45) is 5.92 Å². The summed E-state index contributed by atoms with van der Waals surface area (Å²) in [5.41, 5.74) is 1.36. The van der Waals surface area contributed by atoms with Crippen LogP contribution >= 0.6 is 0 Å². The molecule has 0 aromatic heterocycles. The summed E-state index contributed by atoms with van der Waals surface area (Å²) in [7, 11) is 4.78. The molecule has 0 rings (SSSR count). The Bertz CT molecular complexity index is 1710. The lowest BCUT2D eigenvalue weighted by Crippen LogP contribution is -2.14. The number of hydrogen-bond acceptors (Lipinski definition) is 23. The maximum Gasteiger partial charge on any atom is 0.333 e. The molecule has 0 aromatic carbocycles. The molecule has 0 amide bonds. The Morgan fingerprint density at radius 2 is 0.625 bits per heavy atom. The van der Waals surface area contributed by atoms with Crippen LogP contribution in [-0.4, -0.2) is 205 Å². The summed E-state index contributed by atoms with van der Waals surface area (Å²) in [6, 6.07) is 0. The normalized spacial score (nSPS) is 9.94. The molecule has 0 spiro atoms. The summed E-state index contributed by atoms with van der Waals surface area (Å²) in [5.74, 6) is -2.25. The molecule has 2 N–H and O–H groups in total. The molecule has 0 fully saturated rings. The van der Waals surface area contributed by atoms with Crippen molar-refractivity contribution in [3.63, 3.8) is 0 Å². The minimum atomic E-state index is -0.501. The van der Waals surface area contributed by atoms with Crippen LogP contribution in [0, 0.1) is 5.92 Å². The van der Waals surface area contributed by atoms with E-state index in [2.05, 4.69) is 85.8 Å². The number of carbonyl (C=O) groups excluding carboxylic acids is 7. The van der Waals surface area contributed by atoms with Crippen LogP contribution in [0.5, 0.6) is 0 Å². The quantitative estimate of drug-likeness (QED) is 0.0248. The van der Waals surface area contributed by atoms with Crippen molar-refractivity contribution in [1.82, 2.24) is 0 Å². The van der Waals surface area contributed by atoms with Gasteiger partial charge in [0.05, 0.1) is 99.1 Å². The van der Waals surface area contributed by atoms with Crippen molar-refractivity contribution >= 4 is 41.8 Å². The first-order chi connectivity index (χ1) is 42.2. The molecule has 0 aliphatic heterocycles. The zero-order valence-electron chi connectivity index (χ0n) is 55.3. The number of methoxy groups -OCH3 is 3. The molecule has 23 nitrogen and oxygen atoms in total. The predicted octanol–water partition coefficient (Wildman–Crippen LogP) is 9.31. The van der Waals surface area contributed by atoms with E-state index in [4.69, 9.17) is 57.6 Å². The molecule has 0 radical (unpaired) electrons. The van der Waals surface area contributed by atoms with Crippen LogP contribution in [0.15, 0.2) is 87.1 Å². The van der Waals surface area contributed by atoms with Gasteiger partial charge in [-0.1, -0.05) is 144 Å². The van der Waals surface area contributed by atoms with Gasteiger partial charge in [-0.3, -0.25) is 0 Å². The third-order valence-electron chi connectivity index (χ3n) is 10.2. The Labute approximate surface area is 528 Å². The van der Waals surface area contributed by atoms with Gasteiger partial charge in [0, 0.05) is 62.4 Å². The Kier molecular flexibility index (Phi) is 90.5. The zero-order valence-corrected chi connectivity index (χ0v) is 55.3. The standard InChI is InChI=1S/C16H30O2.C12H22O2.C11H20O5.C10H18O5.C6H10O3.2C5H8O3/c1-4-5-6-7-8-9-10-11-12-13-14-18-16(17)15(2)3;1-5-7-8-11(6-2)9-14-12(13)10(3)4;1-10(2)11(12)16-9-8-15-7-6-14-5-4-13-3;1-3-10(11)15-9-8-14-7-6-13-5-4-12-2;1-3-6(7)9-5-4-8-2;2*1-2-5(7)8-4-3-6/h2,4-14H2,1,3H3;11H,3,5-9H2,1-2,4H3;1,4-9H2,2-3H3;3H,1,4-9H2,2H3;3H,1,4-5H2,2H3;2*2,6H,1,3-4H2. The summed E-state index contributed by atoms with van der Waals surface area (Å²) in [6.45, 7) is 42.0. The molecule has 1 atom stereocenters. The van der Waals surface area contributed by atoms with Gasteiger partial charge in [-0.05, 0) is 39.5 Å². The maximum absolute atomic E-state index is 11.1. The van der Waals surface area contributed by atoms with Crippen LogP contribution < -0.4 is 0 Å². The average Bonchev–Trinajstić information content (AvgIpc) is 3.53. The molecule has 1 unspecified atom stereocenters. The van der Waals surface area contributed by atoms with Crippen LogP contribution in [0.3, 0.4) is 0 Å². The number of carbonyl (C=O) groups is 7. The topological polar surface area (TPSA) is 289 Å². The Hall–Kier alpha value is -5.89.